The highest BCUT2D eigenvalue weighted by Gasteiger charge is 2.30. The van der Waals surface area contributed by atoms with E-state index in [1.165, 1.54) is 10.5 Å². The van der Waals surface area contributed by atoms with Crippen LogP contribution in [0.15, 0.2) is 42.6 Å². The van der Waals surface area contributed by atoms with Crippen molar-refractivity contribution in [1.29, 1.82) is 0 Å². The van der Waals surface area contributed by atoms with Crippen LogP contribution < -0.4 is 5.73 Å². The Morgan fingerprint density at radius 2 is 1.86 bits per heavy atom. The predicted octanol–water partition coefficient (Wildman–Crippen LogP) is 4.52. The quantitative estimate of drug-likeness (QED) is 0.671. The summed E-state index contributed by atoms with van der Waals surface area (Å²) in [5, 5.41) is 0. The first-order valence-corrected chi connectivity index (χ1v) is 10.3. The molecule has 1 heterocycles. The monoisotopic (exact) mass is 398 g/mol. The second-order valence-corrected chi connectivity index (χ2v) is 8.09. The van der Waals surface area contributed by atoms with Gasteiger partial charge in [-0.1, -0.05) is 51.1 Å². The number of hydrogen-bond acceptors (Lipinski definition) is 5. The molecule has 3 atom stereocenters. The van der Waals surface area contributed by atoms with Crippen LogP contribution >= 0.6 is 0 Å². The van der Waals surface area contributed by atoms with Gasteiger partial charge in [0.1, 0.15) is 6.10 Å². The lowest BCUT2D eigenvalue weighted by atomic mass is 9.77. The highest BCUT2D eigenvalue weighted by molar-refractivity contribution is 5.67. The first-order chi connectivity index (χ1) is 13.8. The van der Waals surface area contributed by atoms with Gasteiger partial charge in [0.05, 0.1) is 0 Å². The molecule has 1 amide bonds. The largest absolute Gasteiger partial charge is 0.446 e. The van der Waals surface area contributed by atoms with Gasteiger partial charge in [-0.05, 0) is 48.6 Å². The molecule has 0 aliphatic carbocycles. The number of amides is 1. The van der Waals surface area contributed by atoms with Crippen molar-refractivity contribution in [2.24, 2.45) is 11.8 Å². The molecule has 1 aromatic carbocycles. The van der Waals surface area contributed by atoms with Crippen molar-refractivity contribution >= 4 is 12.0 Å². The minimum atomic E-state index is -0.290. The van der Waals surface area contributed by atoms with Gasteiger partial charge in [0, 0.05) is 26.0 Å². The van der Waals surface area contributed by atoms with E-state index in [0.29, 0.717) is 11.9 Å². The summed E-state index contributed by atoms with van der Waals surface area (Å²) in [5.41, 5.74) is 7.97. The Morgan fingerprint density at radius 3 is 2.41 bits per heavy atom. The highest BCUT2D eigenvalue weighted by atomic mass is 16.6. The highest BCUT2D eigenvalue weighted by Crippen LogP contribution is 2.34. The van der Waals surface area contributed by atoms with Crippen molar-refractivity contribution < 1.29 is 9.53 Å². The summed E-state index contributed by atoms with van der Waals surface area (Å²) in [6, 6.07) is 12.4. The Hall–Kier alpha value is -2.63. The number of ether oxygens (including phenoxy) is 1. The van der Waals surface area contributed by atoms with E-state index in [1.54, 1.807) is 20.3 Å². The number of benzene rings is 1. The number of hydrogen-bond donors (Lipinski definition) is 1. The van der Waals surface area contributed by atoms with E-state index in [9.17, 15) is 4.79 Å². The number of nitrogens with two attached hydrogens (primary N) is 1. The summed E-state index contributed by atoms with van der Waals surface area (Å²) in [7, 11) is 3.43. The van der Waals surface area contributed by atoms with Crippen molar-refractivity contribution in [3.63, 3.8) is 0 Å². The van der Waals surface area contributed by atoms with Gasteiger partial charge in [0.25, 0.3) is 0 Å². The minimum absolute atomic E-state index is 0.133. The van der Waals surface area contributed by atoms with Crippen LogP contribution in [0.4, 0.5) is 10.7 Å². The topological polar surface area (TPSA) is 81.3 Å². The van der Waals surface area contributed by atoms with Gasteiger partial charge >= 0.3 is 6.09 Å². The van der Waals surface area contributed by atoms with Crippen LogP contribution in [0.3, 0.4) is 0 Å². The maximum Gasteiger partial charge on any atom is 0.409 e. The first kappa shape index (κ1) is 22.7. The van der Waals surface area contributed by atoms with Gasteiger partial charge < -0.3 is 15.4 Å². The van der Waals surface area contributed by atoms with E-state index in [0.717, 1.165) is 25.0 Å². The molecular formula is C23H34N4O2. The molecule has 0 aliphatic heterocycles. The van der Waals surface area contributed by atoms with Crippen LogP contribution in [0.1, 0.15) is 50.8 Å². The molecule has 2 aromatic rings. The summed E-state index contributed by atoms with van der Waals surface area (Å²) >= 11 is 0. The smallest absolute Gasteiger partial charge is 0.409 e. The molecule has 0 saturated carbocycles. The molecule has 0 radical (unpaired) electrons. The normalized spacial score (nSPS) is 14.3. The van der Waals surface area contributed by atoms with E-state index in [4.69, 9.17) is 10.5 Å². The molecule has 6 nitrogen and oxygen atoms in total. The third kappa shape index (κ3) is 6.73. The summed E-state index contributed by atoms with van der Waals surface area (Å²) < 4.78 is 5.83. The second kappa shape index (κ2) is 10.8. The Labute approximate surface area is 174 Å². The van der Waals surface area contributed by atoms with Crippen molar-refractivity contribution in [1.82, 2.24) is 14.9 Å². The number of carbonyl (C=O) groups is 1. The van der Waals surface area contributed by atoms with Crippen LogP contribution in [0.5, 0.6) is 0 Å². The van der Waals surface area contributed by atoms with E-state index < -0.39 is 0 Å². The minimum Gasteiger partial charge on any atom is -0.446 e. The fourth-order valence-corrected chi connectivity index (χ4v) is 3.73. The number of nitrogens with zero attached hydrogens (tertiary/aromatic N) is 3. The molecule has 2 N–H and O–H groups in total. The summed E-state index contributed by atoms with van der Waals surface area (Å²) in [6.07, 6.45) is 3.72. The first-order valence-electron chi connectivity index (χ1n) is 10.3. The third-order valence-corrected chi connectivity index (χ3v) is 5.37. The van der Waals surface area contributed by atoms with E-state index >= 15 is 0 Å². The van der Waals surface area contributed by atoms with Crippen LogP contribution in [0.2, 0.25) is 0 Å². The standard InChI is InChI=1S/C23H34N4O2/c1-6-21(29-23(28)27(4)5)20(16(2)3)15-18(17-10-8-7-9-11-17)14-19-12-13-25-22(24)26-19/h7-13,16,18,20-21H,6,14-15H2,1-5H3,(H2,24,25,26). The Morgan fingerprint density at radius 1 is 1.17 bits per heavy atom. The van der Waals surface area contributed by atoms with Gasteiger partial charge in [-0.2, -0.15) is 0 Å². The molecule has 0 fully saturated rings. The van der Waals surface area contributed by atoms with Gasteiger partial charge in [0.2, 0.25) is 5.95 Å². The Kier molecular flexibility index (Phi) is 8.43. The van der Waals surface area contributed by atoms with E-state index in [1.807, 2.05) is 12.1 Å². The molecule has 2 rings (SSSR count). The van der Waals surface area contributed by atoms with Crippen molar-refractivity contribution in [3.8, 4) is 0 Å². The lowest BCUT2D eigenvalue weighted by Gasteiger charge is -2.33. The maximum absolute atomic E-state index is 12.2. The van der Waals surface area contributed by atoms with Gasteiger partial charge in [0.15, 0.2) is 0 Å². The van der Waals surface area contributed by atoms with Gasteiger partial charge in [-0.3, -0.25) is 0 Å². The van der Waals surface area contributed by atoms with Crippen molar-refractivity contribution in [2.75, 3.05) is 19.8 Å². The molecular weight excluding hydrogens is 364 g/mol. The Balaban J connectivity index is 2.28. The molecule has 0 spiro atoms. The molecule has 29 heavy (non-hydrogen) atoms. The summed E-state index contributed by atoms with van der Waals surface area (Å²) in [6.45, 7) is 6.47. The van der Waals surface area contributed by atoms with Crippen LogP contribution in [-0.2, 0) is 11.2 Å². The lowest BCUT2D eigenvalue weighted by Crippen LogP contribution is -2.35. The van der Waals surface area contributed by atoms with Crippen molar-refractivity contribution in [2.45, 2.75) is 52.1 Å². The molecule has 6 heteroatoms. The number of carbonyl (C=O) groups excluding carboxylic acids is 1. The molecule has 0 bridgehead atoms. The number of anilines is 1. The summed E-state index contributed by atoms with van der Waals surface area (Å²) in [4.78, 5) is 22.1. The van der Waals surface area contributed by atoms with Crippen LogP contribution in [0, 0.1) is 11.8 Å². The fourth-order valence-electron chi connectivity index (χ4n) is 3.73. The van der Waals surface area contributed by atoms with E-state index in [2.05, 4.69) is 55.0 Å². The Bertz CT molecular complexity index is 764. The molecule has 0 saturated heterocycles. The zero-order valence-corrected chi connectivity index (χ0v) is 18.2. The van der Waals surface area contributed by atoms with Crippen molar-refractivity contribution in [3.05, 3.63) is 53.9 Å². The second-order valence-electron chi connectivity index (χ2n) is 8.09. The average Bonchev–Trinajstić information content (AvgIpc) is 2.69. The number of nitrogen functional groups attached to an aromatic ring is 1. The molecule has 3 unspecified atom stereocenters. The maximum atomic E-state index is 12.2. The number of rotatable bonds is 9. The molecule has 1 aromatic heterocycles. The van der Waals surface area contributed by atoms with Crippen LogP contribution in [0.25, 0.3) is 0 Å². The SMILES string of the molecule is CCC(OC(=O)N(C)C)C(CC(Cc1ccnc(N)n1)c1ccccc1)C(C)C. The summed E-state index contributed by atoms with van der Waals surface area (Å²) in [5.74, 6) is 1.14. The predicted molar refractivity (Wildman–Crippen MR) is 117 cm³/mol. The van der Waals surface area contributed by atoms with E-state index in [-0.39, 0.29) is 24.0 Å². The number of aromatic nitrogens is 2. The lowest BCUT2D eigenvalue weighted by molar-refractivity contribution is 0.0223. The fraction of sp³-hybridized carbons (Fsp3) is 0.522. The van der Waals surface area contributed by atoms with Gasteiger partial charge in [-0.25, -0.2) is 14.8 Å². The average molecular weight is 399 g/mol. The van der Waals surface area contributed by atoms with Crippen LogP contribution in [-0.4, -0.2) is 41.2 Å². The van der Waals surface area contributed by atoms with Gasteiger partial charge in [-0.15, -0.1) is 0 Å². The third-order valence-electron chi connectivity index (χ3n) is 5.37. The molecule has 158 valence electrons. The zero-order valence-electron chi connectivity index (χ0n) is 18.2. The molecule has 0 aliphatic rings. The zero-order chi connectivity index (χ0) is 21.4.